The van der Waals surface area contributed by atoms with Crippen molar-refractivity contribution < 1.29 is 4.48 Å². The first kappa shape index (κ1) is 10.7. The molecule has 2 rings (SSSR count). The minimum absolute atomic E-state index is 0.708. The zero-order valence-corrected chi connectivity index (χ0v) is 10.2. The predicted octanol–water partition coefficient (Wildman–Crippen LogP) is 3.30. The third-order valence-electron chi connectivity index (χ3n) is 3.85. The van der Waals surface area contributed by atoms with E-state index in [0.717, 1.165) is 4.48 Å². The van der Waals surface area contributed by atoms with Crippen molar-refractivity contribution in [1.29, 1.82) is 0 Å². The lowest BCUT2D eigenvalue weighted by molar-refractivity contribution is -0.926. The normalized spacial score (nSPS) is 25.1. The molecule has 1 aliphatic heterocycles. The summed E-state index contributed by atoms with van der Waals surface area (Å²) in [5, 5.41) is 0. The van der Waals surface area contributed by atoms with Crippen LogP contribution in [-0.2, 0) is 0 Å². The molecule has 1 aliphatic rings. The molecule has 1 unspecified atom stereocenters. The summed E-state index contributed by atoms with van der Waals surface area (Å²) in [7, 11) is 4.74. The second-order valence-corrected chi connectivity index (χ2v) is 5.37. The van der Waals surface area contributed by atoms with E-state index < -0.39 is 0 Å². The third-order valence-corrected chi connectivity index (χ3v) is 3.85. The van der Waals surface area contributed by atoms with Crippen LogP contribution in [0.5, 0.6) is 0 Å². The Balaban J connectivity index is 2.33. The van der Waals surface area contributed by atoms with Gasteiger partial charge in [0.05, 0.1) is 20.6 Å². The first-order valence-corrected chi connectivity index (χ1v) is 5.99. The summed E-state index contributed by atoms with van der Waals surface area (Å²) in [5.74, 6) is 0. The SMILES string of the molecule is Cc1ccccc1C1CCCC[N+]1(C)C. The van der Waals surface area contributed by atoms with Crippen molar-refractivity contribution in [2.45, 2.75) is 32.2 Å². The van der Waals surface area contributed by atoms with Crippen LogP contribution < -0.4 is 0 Å². The average Bonchev–Trinajstić information content (AvgIpc) is 2.19. The van der Waals surface area contributed by atoms with Gasteiger partial charge < -0.3 is 4.48 Å². The molecule has 1 atom stereocenters. The van der Waals surface area contributed by atoms with Crippen molar-refractivity contribution >= 4 is 0 Å². The van der Waals surface area contributed by atoms with Gasteiger partial charge in [0.1, 0.15) is 6.04 Å². The van der Waals surface area contributed by atoms with E-state index in [1.807, 2.05) is 0 Å². The Labute approximate surface area is 93.3 Å². The van der Waals surface area contributed by atoms with Crippen LogP contribution in [0.25, 0.3) is 0 Å². The van der Waals surface area contributed by atoms with Gasteiger partial charge in [-0.25, -0.2) is 0 Å². The molecular weight excluding hydrogens is 182 g/mol. The standard InChI is InChI=1S/C14H22N/c1-12-8-4-5-9-13(12)14-10-6-7-11-15(14,2)3/h4-5,8-9,14H,6-7,10-11H2,1-3H3/q+1. The topological polar surface area (TPSA) is 0 Å². The number of hydrogen-bond donors (Lipinski definition) is 0. The summed E-state index contributed by atoms with van der Waals surface area (Å²) in [6.45, 7) is 3.56. The summed E-state index contributed by atoms with van der Waals surface area (Å²) in [6, 6.07) is 9.58. The summed E-state index contributed by atoms with van der Waals surface area (Å²) in [4.78, 5) is 0. The molecule has 0 bridgehead atoms. The maximum absolute atomic E-state index is 2.37. The van der Waals surface area contributed by atoms with Crippen LogP contribution in [0.4, 0.5) is 0 Å². The third kappa shape index (κ3) is 2.07. The molecule has 1 aromatic carbocycles. The zero-order chi connectivity index (χ0) is 10.9. The van der Waals surface area contributed by atoms with Crippen molar-refractivity contribution in [2.75, 3.05) is 20.6 Å². The highest BCUT2D eigenvalue weighted by Gasteiger charge is 2.33. The van der Waals surface area contributed by atoms with Gasteiger partial charge in [0, 0.05) is 12.0 Å². The Kier molecular flexibility index (Phi) is 2.83. The maximum Gasteiger partial charge on any atom is 0.114 e. The molecule has 0 radical (unpaired) electrons. The number of aryl methyl sites for hydroxylation is 1. The molecule has 1 heteroatoms. The number of rotatable bonds is 1. The van der Waals surface area contributed by atoms with Crippen LogP contribution in [0.3, 0.4) is 0 Å². The summed E-state index contributed by atoms with van der Waals surface area (Å²) < 4.78 is 1.16. The van der Waals surface area contributed by atoms with Gasteiger partial charge in [-0.3, -0.25) is 0 Å². The highest BCUT2D eigenvalue weighted by Crippen LogP contribution is 2.35. The quantitative estimate of drug-likeness (QED) is 0.616. The van der Waals surface area contributed by atoms with Gasteiger partial charge in [-0.05, 0) is 25.3 Å². The Hall–Kier alpha value is -0.820. The molecular formula is C14H22N+. The van der Waals surface area contributed by atoms with E-state index in [-0.39, 0.29) is 0 Å². The van der Waals surface area contributed by atoms with Gasteiger partial charge in [0.15, 0.2) is 0 Å². The van der Waals surface area contributed by atoms with E-state index in [9.17, 15) is 0 Å². The zero-order valence-electron chi connectivity index (χ0n) is 10.2. The summed E-state index contributed by atoms with van der Waals surface area (Å²) in [5.41, 5.74) is 3.01. The highest BCUT2D eigenvalue weighted by atomic mass is 15.3. The molecule has 1 aromatic rings. The fraction of sp³-hybridized carbons (Fsp3) is 0.571. The lowest BCUT2D eigenvalue weighted by Crippen LogP contribution is -2.46. The number of nitrogens with zero attached hydrogens (tertiary/aromatic N) is 1. The molecule has 0 amide bonds. The van der Waals surface area contributed by atoms with Crippen molar-refractivity contribution in [1.82, 2.24) is 0 Å². The van der Waals surface area contributed by atoms with Crippen molar-refractivity contribution in [3.05, 3.63) is 35.4 Å². The second-order valence-electron chi connectivity index (χ2n) is 5.37. The van der Waals surface area contributed by atoms with Gasteiger partial charge in [-0.1, -0.05) is 24.3 Å². The van der Waals surface area contributed by atoms with Crippen LogP contribution in [0.15, 0.2) is 24.3 Å². The predicted molar refractivity (Wildman–Crippen MR) is 64.7 cm³/mol. The highest BCUT2D eigenvalue weighted by molar-refractivity contribution is 5.27. The number of benzene rings is 1. The van der Waals surface area contributed by atoms with Gasteiger partial charge in [-0.2, -0.15) is 0 Å². The van der Waals surface area contributed by atoms with E-state index in [1.54, 1.807) is 5.56 Å². The van der Waals surface area contributed by atoms with Crippen LogP contribution >= 0.6 is 0 Å². The Morgan fingerprint density at radius 3 is 2.53 bits per heavy atom. The average molecular weight is 204 g/mol. The van der Waals surface area contributed by atoms with Gasteiger partial charge >= 0.3 is 0 Å². The van der Waals surface area contributed by atoms with Crippen LogP contribution in [0.2, 0.25) is 0 Å². The first-order valence-electron chi connectivity index (χ1n) is 5.99. The molecule has 0 spiro atoms. The van der Waals surface area contributed by atoms with Gasteiger partial charge in [0.25, 0.3) is 0 Å². The lowest BCUT2D eigenvalue weighted by Gasteiger charge is -2.42. The summed E-state index contributed by atoms with van der Waals surface area (Å²) in [6.07, 6.45) is 4.12. The Bertz CT molecular complexity index is 341. The van der Waals surface area contributed by atoms with Crippen LogP contribution in [0.1, 0.15) is 36.4 Å². The molecule has 0 saturated carbocycles. The van der Waals surface area contributed by atoms with Crippen LogP contribution in [0, 0.1) is 6.92 Å². The fourth-order valence-corrected chi connectivity index (χ4v) is 2.86. The number of quaternary nitrogens is 1. The molecule has 82 valence electrons. The van der Waals surface area contributed by atoms with Crippen molar-refractivity contribution in [3.63, 3.8) is 0 Å². The molecule has 0 N–H and O–H groups in total. The second kappa shape index (κ2) is 3.97. The van der Waals surface area contributed by atoms with Crippen LogP contribution in [-0.4, -0.2) is 25.1 Å². The molecule has 1 heterocycles. The maximum atomic E-state index is 2.37. The molecule has 0 aliphatic carbocycles. The summed E-state index contributed by atoms with van der Waals surface area (Å²) >= 11 is 0. The molecule has 1 nitrogen and oxygen atoms in total. The number of likely N-dealkylation sites (tertiary alicyclic amines) is 1. The van der Waals surface area contributed by atoms with E-state index >= 15 is 0 Å². The van der Waals surface area contributed by atoms with Crippen molar-refractivity contribution in [3.8, 4) is 0 Å². The molecule has 15 heavy (non-hydrogen) atoms. The van der Waals surface area contributed by atoms with E-state index in [2.05, 4.69) is 45.3 Å². The lowest BCUT2D eigenvalue weighted by atomic mass is 9.91. The van der Waals surface area contributed by atoms with Gasteiger partial charge in [0.2, 0.25) is 0 Å². The van der Waals surface area contributed by atoms with E-state index in [0.29, 0.717) is 6.04 Å². The van der Waals surface area contributed by atoms with Crippen molar-refractivity contribution in [2.24, 2.45) is 0 Å². The Morgan fingerprint density at radius 1 is 1.13 bits per heavy atom. The first-order chi connectivity index (χ1) is 7.11. The number of hydrogen-bond acceptors (Lipinski definition) is 0. The molecule has 1 fully saturated rings. The Morgan fingerprint density at radius 2 is 1.87 bits per heavy atom. The molecule has 0 aromatic heterocycles. The molecule has 1 saturated heterocycles. The minimum Gasteiger partial charge on any atom is -0.322 e. The van der Waals surface area contributed by atoms with Gasteiger partial charge in [-0.15, -0.1) is 0 Å². The monoisotopic (exact) mass is 204 g/mol. The number of piperidine rings is 1. The fourth-order valence-electron chi connectivity index (χ4n) is 2.86. The smallest absolute Gasteiger partial charge is 0.114 e. The minimum atomic E-state index is 0.708. The largest absolute Gasteiger partial charge is 0.322 e. The van der Waals surface area contributed by atoms with E-state index in [1.165, 1.54) is 31.4 Å². The van der Waals surface area contributed by atoms with E-state index in [4.69, 9.17) is 0 Å².